The number of hydrogen-bond donors (Lipinski definition) is 1. The third kappa shape index (κ3) is 2.50. The van der Waals surface area contributed by atoms with E-state index in [0.29, 0.717) is 12.3 Å². The van der Waals surface area contributed by atoms with Crippen molar-refractivity contribution in [2.24, 2.45) is 0 Å². The molecule has 0 saturated carbocycles. The fourth-order valence-electron chi connectivity index (χ4n) is 2.17. The SMILES string of the molecule is CCOc1ccc(-c2nnn(-c3ccccc3F)c2N)cc1. The normalized spacial score (nSPS) is 10.6. The smallest absolute Gasteiger partial charge is 0.156 e. The average Bonchev–Trinajstić information content (AvgIpc) is 2.91. The van der Waals surface area contributed by atoms with Crippen LogP contribution < -0.4 is 10.5 Å². The second kappa shape index (κ2) is 5.85. The van der Waals surface area contributed by atoms with Crippen LogP contribution in [0.3, 0.4) is 0 Å². The van der Waals surface area contributed by atoms with Crippen LogP contribution in [0.15, 0.2) is 48.5 Å². The van der Waals surface area contributed by atoms with Crippen molar-refractivity contribution in [1.29, 1.82) is 0 Å². The van der Waals surface area contributed by atoms with E-state index in [1.807, 2.05) is 31.2 Å². The Morgan fingerprint density at radius 3 is 2.55 bits per heavy atom. The van der Waals surface area contributed by atoms with Crippen molar-refractivity contribution < 1.29 is 9.13 Å². The third-order valence-electron chi connectivity index (χ3n) is 3.22. The molecule has 0 aliphatic rings. The molecule has 3 rings (SSSR count). The summed E-state index contributed by atoms with van der Waals surface area (Å²) < 4.78 is 20.5. The number of ether oxygens (including phenoxy) is 1. The minimum Gasteiger partial charge on any atom is -0.494 e. The van der Waals surface area contributed by atoms with Gasteiger partial charge in [-0.3, -0.25) is 0 Å². The minimum absolute atomic E-state index is 0.268. The molecule has 0 spiro atoms. The first-order valence-corrected chi connectivity index (χ1v) is 6.90. The Balaban J connectivity index is 1.98. The molecule has 112 valence electrons. The summed E-state index contributed by atoms with van der Waals surface area (Å²) in [5.41, 5.74) is 7.64. The standard InChI is InChI=1S/C16H15FN4O/c1-2-22-12-9-7-11(8-10-12)15-16(18)21(20-19-15)14-6-4-3-5-13(14)17/h3-10H,2,18H2,1H3. The number of halogens is 1. The number of para-hydroxylation sites is 1. The van der Waals surface area contributed by atoms with Gasteiger partial charge in [0.15, 0.2) is 5.82 Å². The Morgan fingerprint density at radius 2 is 1.86 bits per heavy atom. The van der Waals surface area contributed by atoms with Gasteiger partial charge in [-0.1, -0.05) is 17.3 Å². The van der Waals surface area contributed by atoms with Gasteiger partial charge < -0.3 is 10.5 Å². The van der Waals surface area contributed by atoms with Crippen LogP contribution in [-0.4, -0.2) is 21.6 Å². The quantitative estimate of drug-likeness (QED) is 0.804. The van der Waals surface area contributed by atoms with E-state index in [0.717, 1.165) is 11.3 Å². The van der Waals surface area contributed by atoms with E-state index in [1.54, 1.807) is 18.2 Å². The molecule has 0 unspecified atom stereocenters. The second-order valence-corrected chi connectivity index (χ2v) is 4.64. The maximum Gasteiger partial charge on any atom is 0.156 e. The lowest BCUT2D eigenvalue weighted by Gasteiger charge is -2.05. The van der Waals surface area contributed by atoms with Crippen LogP contribution in [0.4, 0.5) is 10.2 Å². The molecular weight excluding hydrogens is 283 g/mol. The molecule has 0 amide bonds. The fourth-order valence-corrected chi connectivity index (χ4v) is 2.17. The molecule has 0 fully saturated rings. The zero-order valence-corrected chi connectivity index (χ0v) is 12.0. The number of benzene rings is 2. The van der Waals surface area contributed by atoms with Crippen LogP contribution in [0, 0.1) is 5.82 Å². The van der Waals surface area contributed by atoms with Crippen LogP contribution >= 0.6 is 0 Å². The summed E-state index contributed by atoms with van der Waals surface area (Å²) in [4.78, 5) is 0. The predicted octanol–water partition coefficient (Wildman–Crippen LogP) is 3.05. The van der Waals surface area contributed by atoms with Crippen molar-refractivity contribution in [1.82, 2.24) is 15.0 Å². The highest BCUT2D eigenvalue weighted by Gasteiger charge is 2.15. The van der Waals surface area contributed by atoms with Crippen LogP contribution in [0.5, 0.6) is 5.75 Å². The first kappa shape index (κ1) is 14.1. The molecule has 2 N–H and O–H groups in total. The molecule has 0 saturated heterocycles. The van der Waals surface area contributed by atoms with Gasteiger partial charge in [0.25, 0.3) is 0 Å². The van der Waals surface area contributed by atoms with E-state index in [1.165, 1.54) is 10.7 Å². The predicted molar refractivity (Wildman–Crippen MR) is 82.3 cm³/mol. The molecule has 0 aliphatic heterocycles. The number of nitrogens with two attached hydrogens (primary N) is 1. The summed E-state index contributed by atoms with van der Waals surface area (Å²) in [7, 11) is 0. The van der Waals surface area contributed by atoms with Gasteiger partial charge in [0, 0.05) is 5.56 Å². The van der Waals surface area contributed by atoms with Crippen LogP contribution in [0.25, 0.3) is 16.9 Å². The zero-order chi connectivity index (χ0) is 15.5. The Bertz CT molecular complexity index is 783. The summed E-state index contributed by atoms with van der Waals surface area (Å²) in [6.07, 6.45) is 0. The average molecular weight is 298 g/mol. The molecule has 22 heavy (non-hydrogen) atoms. The van der Waals surface area contributed by atoms with Gasteiger partial charge in [0.2, 0.25) is 0 Å². The zero-order valence-electron chi connectivity index (χ0n) is 12.0. The molecule has 0 radical (unpaired) electrons. The molecule has 1 aromatic heterocycles. The minimum atomic E-state index is -0.405. The molecule has 2 aromatic carbocycles. The van der Waals surface area contributed by atoms with Crippen LogP contribution in [-0.2, 0) is 0 Å². The number of anilines is 1. The Hall–Kier alpha value is -2.89. The van der Waals surface area contributed by atoms with Crippen molar-refractivity contribution in [2.45, 2.75) is 6.92 Å². The number of aromatic nitrogens is 3. The maximum atomic E-state index is 13.8. The highest BCUT2D eigenvalue weighted by Crippen LogP contribution is 2.27. The summed E-state index contributed by atoms with van der Waals surface area (Å²) in [6, 6.07) is 13.6. The molecule has 5 nitrogen and oxygen atoms in total. The van der Waals surface area contributed by atoms with E-state index in [2.05, 4.69) is 10.3 Å². The van der Waals surface area contributed by atoms with Gasteiger partial charge in [-0.15, -0.1) is 5.10 Å². The van der Waals surface area contributed by atoms with Crippen molar-refractivity contribution in [3.05, 3.63) is 54.3 Å². The molecule has 0 atom stereocenters. The summed E-state index contributed by atoms with van der Waals surface area (Å²) in [5, 5.41) is 8.01. The molecule has 3 aromatic rings. The first-order valence-electron chi connectivity index (χ1n) is 6.90. The number of rotatable bonds is 4. The molecule has 1 heterocycles. The summed E-state index contributed by atoms with van der Waals surface area (Å²) in [5.74, 6) is 0.651. The molecule has 0 bridgehead atoms. The monoisotopic (exact) mass is 298 g/mol. The largest absolute Gasteiger partial charge is 0.494 e. The van der Waals surface area contributed by atoms with E-state index >= 15 is 0 Å². The van der Waals surface area contributed by atoms with Crippen molar-refractivity contribution in [2.75, 3.05) is 12.3 Å². The number of nitrogen functional groups attached to an aromatic ring is 1. The Labute approximate surface area is 127 Å². The van der Waals surface area contributed by atoms with Gasteiger partial charge in [-0.05, 0) is 43.3 Å². The van der Waals surface area contributed by atoms with E-state index < -0.39 is 5.82 Å². The van der Waals surface area contributed by atoms with E-state index in [4.69, 9.17) is 10.5 Å². The summed E-state index contributed by atoms with van der Waals surface area (Å²) >= 11 is 0. The van der Waals surface area contributed by atoms with E-state index in [9.17, 15) is 4.39 Å². The second-order valence-electron chi connectivity index (χ2n) is 4.64. The van der Waals surface area contributed by atoms with Crippen molar-refractivity contribution >= 4 is 5.82 Å². The molecule has 6 heteroatoms. The third-order valence-corrected chi connectivity index (χ3v) is 3.22. The van der Waals surface area contributed by atoms with Crippen LogP contribution in [0.1, 0.15) is 6.92 Å². The van der Waals surface area contributed by atoms with E-state index in [-0.39, 0.29) is 11.5 Å². The van der Waals surface area contributed by atoms with Crippen molar-refractivity contribution in [3.63, 3.8) is 0 Å². The van der Waals surface area contributed by atoms with Crippen LogP contribution in [0.2, 0.25) is 0 Å². The lowest BCUT2D eigenvalue weighted by molar-refractivity contribution is 0.340. The number of hydrogen-bond acceptors (Lipinski definition) is 4. The Kier molecular flexibility index (Phi) is 3.74. The fraction of sp³-hybridized carbons (Fsp3) is 0.125. The van der Waals surface area contributed by atoms with Gasteiger partial charge in [-0.25, -0.2) is 4.39 Å². The Morgan fingerprint density at radius 1 is 1.14 bits per heavy atom. The van der Waals surface area contributed by atoms with Gasteiger partial charge in [0.05, 0.1) is 6.61 Å². The maximum absolute atomic E-state index is 13.8. The lowest BCUT2D eigenvalue weighted by Crippen LogP contribution is -2.04. The molecular formula is C16H15FN4O. The highest BCUT2D eigenvalue weighted by molar-refractivity contribution is 5.71. The first-order chi connectivity index (χ1) is 10.7. The highest BCUT2D eigenvalue weighted by atomic mass is 19.1. The summed E-state index contributed by atoms with van der Waals surface area (Å²) in [6.45, 7) is 2.52. The topological polar surface area (TPSA) is 66.0 Å². The van der Waals surface area contributed by atoms with Gasteiger partial charge in [0.1, 0.15) is 22.9 Å². The van der Waals surface area contributed by atoms with Crippen molar-refractivity contribution in [3.8, 4) is 22.7 Å². The lowest BCUT2D eigenvalue weighted by atomic mass is 10.1. The number of nitrogens with zero attached hydrogens (tertiary/aromatic N) is 3. The van der Waals surface area contributed by atoms with Gasteiger partial charge in [-0.2, -0.15) is 4.68 Å². The molecule has 0 aliphatic carbocycles. The van der Waals surface area contributed by atoms with Gasteiger partial charge >= 0.3 is 0 Å².